The Morgan fingerprint density at radius 1 is 1.47 bits per heavy atom. The van der Waals surface area contributed by atoms with Crippen LogP contribution in [-0.2, 0) is 19.0 Å². The Hall–Kier alpha value is -0.820. The summed E-state index contributed by atoms with van der Waals surface area (Å²) < 4.78 is 31.4. The fraction of sp³-hybridized carbons (Fsp3) is 0.900. The van der Waals surface area contributed by atoms with Gasteiger partial charge in [-0.15, -0.1) is 0 Å². The van der Waals surface area contributed by atoms with Crippen LogP contribution in [0.25, 0.3) is 0 Å². The second kappa shape index (κ2) is 6.20. The predicted molar refractivity (Wildman–Crippen MR) is 62.1 cm³/mol. The van der Waals surface area contributed by atoms with E-state index in [4.69, 9.17) is 8.92 Å². The van der Waals surface area contributed by atoms with Gasteiger partial charge < -0.3 is 9.64 Å². The zero-order chi connectivity index (χ0) is 12.9. The molecular weight excluding hydrogens is 246 g/mol. The molecular formula is C10H19NO5S. The number of nitrogens with zero attached hydrogens (tertiary/aromatic N) is 1. The van der Waals surface area contributed by atoms with Gasteiger partial charge in [0.25, 0.3) is 10.1 Å². The van der Waals surface area contributed by atoms with Crippen molar-refractivity contribution in [3.63, 3.8) is 0 Å². The Balaban J connectivity index is 2.41. The van der Waals surface area contributed by atoms with Crippen molar-refractivity contribution in [2.75, 3.05) is 32.6 Å². The van der Waals surface area contributed by atoms with Crippen molar-refractivity contribution in [2.24, 2.45) is 5.92 Å². The molecule has 1 aliphatic heterocycles. The zero-order valence-electron chi connectivity index (χ0n) is 10.2. The molecule has 0 aliphatic carbocycles. The lowest BCUT2D eigenvalue weighted by molar-refractivity contribution is 0.0799. The largest absolute Gasteiger partial charge is 0.450 e. The second-order valence-corrected chi connectivity index (χ2v) is 5.79. The fourth-order valence-electron chi connectivity index (χ4n) is 1.80. The van der Waals surface area contributed by atoms with Gasteiger partial charge in [-0.05, 0) is 19.8 Å². The molecule has 0 radical (unpaired) electrons. The van der Waals surface area contributed by atoms with E-state index in [0.29, 0.717) is 19.7 Å². The number of piperidine rings is 1. The molecule has 1 atom stereocenters. The highest BCUT2D eigenvalue weighted by Gasteiger charge is 2.25. The Bertz CT molecular complexity index is 354. The molecule has 1 fully saturated rings. The van der Waals surface area contributed by atoms with Gasteiger partial charge in [0.15, 0.2) is 0 Å². The molecule has 0 aromatic rings. The molecule has 0 aromatic heterocycles. The van der Waals surface area contributed by atoms with E-state index in [1.165, 1.54) is 0 Å². The first-order chi connectivity index (χ1) is 7.92. The van der Waals surface area contributed by atoms with Crippen LogP contribution in [0.1, 0.15) is 19.8 Å². The number of likely N-dealkylation sites (tertiary alicyclic amines) is 1. The summed E-state index contributed by atoms with van der Waals surface area (Å²) in [5.41, 5.74) is 0. The molecule has 0 N–H and O–H groups in total. The van der Waals surface area contributed by atoms with Gasteiger partial charge in [-0.25, -0.2) is 4.79 Å². The van der Waals surface area contributed by atoms with E-state index in [2.05, 4.69) is 0 Å². The summed E-state index contributed by atoms with van der Waals surface area (Å²) in [6.45, 7) is 3.39. The molecule has 0 unspecified atom stereocenters. The van der Waals surface area contributed by atoms with E-state index in [9.17, 15) is 13.2 Å². The van der Waals surface area contributed by atoms with Crippen molar-refractivity contribution in [1.29, 1.82) is 0 Å². The second-order valence-electron chi connectivity index (χ2n) is 4.14. The van der Waals surface area contributed by atoms with E-state index in [1.807, 2.05) is 0 Å². The first-order valence-corrected chi connectivity index (χ1v) is 7.50. The molecule has 0 bridgehead atoms. The van der Waals surface area contributed by atoms with Crippen molar-refractivity contribution in [1.82, 2.24) is 4.90 Å². The number of hydrogen-bond acceptors (Lipinski definition) is 5. The van der Waals surface area contributed by atoms with Crippen LogP contribution in [-0.4, -0.2) is 52.0 Å². The van der Waals surface area contributed by atoms with Crippen molar-refractivity contribution >= 4 is 16.2 Å². The molecule has 6 nitrogen and oxygen atoms in total. The molecule has 1 rings (SSSR count). The van der Waals surface area contributed by atoms with E-state index in [-0.39, 0.29) is 18.6 Å². The highest BCUT2D eigenvalue weighted by atomic mass is 32.2. The minimum absolute atomic E-state index is 0.0582. The van der Waals surface area contributed by atoms with Gasteiger partial charge in [0.1, 0.15) is 0 Å². The van der Waals surface area contributed by atoms with Crippen LogP contribution in [0.15, 0.2) is 0 Å². The van der Waals surface area contributed by atoms with Crippen molar-refractivity contribution in [3.8, 4) is 0 Å². The topological polar surface area (TPSA) is 72.9 Å². The van der Waals surface area contributed by atoms with Crippen molar-refractivity contribution < 1.29 is 22.1 Å². The maximum absolute atomic E-state index is 11.5. The summed E-state index contributed by atoms with van der Waals surface area (Å²) in [5, 5.41) is 0. The van der Waals surface area contributed by atoms with Gasteiger partial charge in [-0.3, -0.25) is 4.18 Å². The average Bonchev–Trinajstić information content (AvgIpc) is 2.26. The minimum Gasteiger partial charge on any atom is -0.450 e. The zero-order valence-corrected chi connectivity index (χ0v) is 11.0. The minimum atomic E-state index is -3.41. The predicted octanol–water partition coefficient (Wildman–Crippen LogP) is 0.831. The Labute approximate surface area is 102 Å². The summed E-state index contributed by atoms with van der Waals surface area (Å²) in [5.74, 6) is 0.0582. The molecule has 1 saturated heterocycles. The van der Waals surface area contributed by atoms with Crippen LogP contribution < -0.4 is 0 Å². The summed E-state index contributed by atoms with van der Waals surface area (Å²) in [4.78, 5) is 13.1. The molecule has 0 aromatic carbocycles. The van der Waals surface area contributed by atoms with Gasteiger partial charge in [-0.1, -0.05) is 0 Å². The quantitative estimate of drug-likeness (QED) is 0.704. The van der Waals surface area contributed by atoms with Gasteiger partial charge in [0, 0.05) is 19.0 Å². The fourth-order valence-corrected chi connectivity index (χ4v) is 2.24. The van der Waals surface area contributed by atoms with Crippen LogP contribution in [0, 0.1) is 5.92 Å². The Morgan fingerprint density at radius 3 is 2.76 bits per heavy atom. The summed E-state index contributed by atoms with van der Waals surface area (Å²) in [6.07, 6.45) is 2.40. The summed E-state index contributed by atoms with van der Waals surface area (Å²) in [6, 6.07) is 0. The van der Waals surface area contributed by atoms with Crippen LogP contribution in [0.3, 0.4) is 0 Å². The third kappa shape index (κ3) is 5.36. The highest BCUT2D eigenvalue weighted by molar-refractivity contribution is 7.85. The van der Waals surface area contributed by atoms with Crippen LogP contribution in [0.4, 0.5) is 4.79 Å². The molecule has 7 heteroatoms. The number of rotatable bonds is 4. The lowest BCUT2D eigenvalue weighted by atomic mass is 10.00. The monoisotopic (exact) mass is 265 g/mol. The third-order valence-corrected chi connectivity index (χ3v) is 3.13. The number of amides is 1. The third-order valence-electron chi connectivity index (χ3n) is 2.56. The molecule has 1 amide bonds. The van der Waals surface area contributed by atoms with Gasteiger partial charge >= 0.3 is 6.09 Å². The number of carbonyl (C=O) groups excluding carboxylic acids is 1. The van der Waals surface area contributed by atoms with Gasteiger partial charge in [-0.2, -0.15) is 8.42 Å². The standard InChI is InChI=1S/C10H19NO5S/c1-3-15-10(12)11-6-4-5-9(7-11)8-16-17(2,13)14/h9H,3-8H2,1-2H3/t9-/m1/s1. The molecule has 0 spiro atoms. The normalized spacial score (nSPS) is 21.3. The lowest BCUT2D eigenvalue weighted by Crippen LogP contribution is -2.41. The van der Waals surface area contributed by atoms with Crippen LogP contribution in [0.2, 0.25) is 0 Å². The van der Waals surface area contributed by atoms with E-state index >= 15 is 0 Å². The van der Waals surface area contributed by atoms with E-state index < -0.39 is 10.1 Å². The van der Waals surface area contributed by atoms with Crippen LogP contribution in [0.5, 0.6) is 0 Å². The first-order valence-electron chi connectivity index (χ1n) is 5.68. The smallest absolute Gasteiger partial charge is 0.409 e. The molecule has 17 heavy (non-hydrogen) atoms. The van der Waals surface area contributed by atoms with Gasteiger partial charge in [0.2, 0.25) is 0 Å². The van der Waals surface area contributed by atoms with E-state index in [0.717, 1.165) is 19.1 Å². The number of carbonyl (C=O) groups is 1. The number of ether oxygens (including phenoxy) is 1. The Kier molecular flexibility index (Phi) is 5.20. The first kappa shape index (κ1) is 14.2. The number of hydrogen-bond donors (Lipinski definition) is 0. The SMILES string of the molecule is CCOC(=O)N1CCC[C@@H](COS(C)(=O)=O)C1. The van der Waals surface area contributed by atoms with Gasteiger partial charge in [0.05, 0.1) is 19.5 Å². The summed E-state index contributed by atoms with van der Waals surface area (Å²) >= 11 is 0. The van der Waals surface area contributed by atoms with Crippen molar-refractivity contribution in [2.45, 2.75) is 19.8 Å². The average molecular weight is 265 g/mol. The van der Waals surface area contributed by atoms with Crippen molar-refractivity contribution in [3.05, 3.63) is 0 Å². The maximum atomic E-state index is 11.5. The summed E-state index contributed by atoms with van der Waals surface area (Å²) in [7, 11) is -3.41. The lowest BCUT2D eigenvalue weighted by Gasteiger charge is -2.31. The molecule has 1 aliphatic rings. The van der Waals surface area contributed by atoms with Crippen LogP contribution >= 0.6 is 0 Å². The molecule has 100 valence electrons. The maximum Gasteiger partial charge on any atom is 0.409 e. The molecule has 1 heterocycles. The Morgan fingerprint density at radius 2 is 2.18 bits per heavy atom. The highest BCUT2D eigenvalue weighted by Crippen LogP contribution is 2.18. The molecule has 0 saturated carbocycles. The van der Waals surface area contributed by atoms with E-state index in [1.54, 1.807) is 11.8 Å².